The molecule has 0 radical (unpaired) electrons. The summed E-state index contributed by atoms with van der Waals surface area (Å²) < 4.78 is 5.09. The normalized spacial score (nSPS) is 12.5. The van der Waals surface area contributed by atoms with E-state index in [4.69, 9.17) is 9.84 Å². The number of carbonyl (C=O) groups excluding carboxylic acids is 1. The molecular weight excluding hydrogens is 292 g/mol. The SMILES string of the molecule is CC(C)OC(=O)C(CC(=O)O)Sc1nc2ccccc2[nH]1. The minimum absolute atomic E-state index is 0.287. The molecule has 1 aromatic carbocycles. The molecule has 2 aromatic rings. The van der Waals surface area contributed by atoms with Gasteiger partial charge in [-0.25, -0.2) is 4.98 Å². The molecule has 0 bridgehead atoms. The van der Waals surface area contributed by atoms with Crippen LogP contribution in [-0.4, -0.2) is 38.4 Å². The van der Waals surface area contributed by atoms with Gasteiger partial charge in [-0.05, 0) is 26.0 Å². The number of carboxylic acids is 1. The van der Waals surface area contributed by atoms with Gasteiger partial charge in [0.15, 0.2) is 5.16 Å². The van der Waals surface area contributed by atoms with Gasteiger partial charge in [-0.2, -0.15) is 0 Å². The van der Waals surface area contributed by atoms with Crippen molar-refractivity contribution < 1.29 is 19.4 Å². The first-order valence-electron chi connectivity index (χ1n) is 6.49. The average molecular weight is 308 g/mol. The lowest BCUT2D eigenvalue weighted by Gasteiger charge is -2.14. The molecule has 0 spiro atoms. The number of carbonyl (C=O) groups is 2. The van der Waals surface area contributed by atoms with Crippen molar-refractivity contribution >= 4 is 34.7 Å². The van der Waals surface area contributed by atoms with E-state index in [1.165, 1.54) is 0 Å². The van der Waals surface area contributed by atoms with Crippen molar-refractivity contribution in [1.29, 1.82) is 0 Å². The Morgan fingerprint density at radius 3 is 2.71 bits per heavy atom. The summed E-state index contributed by atoms with van der Waals surface area (Å²) in [5.41, 5.74) is 1.61. The molecule has 0 amide bonds. The monoisotopic (exact) mass is 308 g/mol. The molecule has 1 unspecified atom stereocenters. The number of imidazole rings is 1. The van der Waals surface area contributed by atoms with Crippen molar-refractivity contribution in [3.8, 4) is 0 Å². The zero-order chi connectivity index (χ0) is 15.4. The van der Waals surface area contributed by atoms with Crippen LogP contribution >= 0.6 is 11.8 Å². The molecule has 21 heavy (non-hydrogen) atoms. The van der Waals surface area contributed by atoms with Gasteiger partial charge in [0, 0.05) is 0 Å². The van der Waals surface area contributed by atoms with Crippen LogP contribution in [0.3, 0.4) is 0 Å². The summed E-state index contributed by atoms with van der Waals surface area (Å²) in [6.07, 6.45) is -0.599. The number of para-hydroxylation sites is 2. The van der Waals surface area contributed by atoms with Gasteiger partial charge in [0.05, 0.1) is 23.6 Å². The van der Waals surface area contributed by atoms with E-state index in [0.717, 1.165) is 22.8 Å². The van der Waals surface area contributed by atoms with Crippen molar-refractivity contribution in [2.45, 2.75) is 36.8 Å². The fraction of sp³-hybridized carbons (Fsp3) is 0.357. The highest BCUT2D eigenvalue weighted by molar-refractivity contribution is 8.00. The number of aliphatic carboxylic acids is 1. The van der Waals surface area contributed by atoms with Crippen molar-refractivity contribution in [3.05, 3.63) is 24.3 Å². The molecule has 1 aromatic heterocycles. The molecule has 6 nitrogen and oxygen atoms in total. The number of aromatic amines is 1. The van der Waals surface area contributed by atoms with E-state index in [1.54, 1.807) is 13.8 Å². The number of aromatic nitrogens is 2. The number of benzene rings is 1. The van der Waals surface area contributed by atoms with Crippen LogP contribution in [0.15, 0.2) is 29.4 Å². The number of carboxylic acid groups (broad SMARTS) is 1. The van der Waals surface area contributed by atoms with Crippen LogP contribution in [0.25, 0.3) is 11.0 Å². The van der Waals surface area contributed by atoms with Crippen LogP contribution in [-0.2, 0) is 14.3 Å². The van der Waals surface area contributed by atoms with Crippen LogP contribution in [0.2, 0.25) is 0 Å². The van der Waals surface area contributed by atoms with Crippen molar-refractivity contribution in [1.82, 2.24) is 9.97 Å². The van der Waals surface area contributed by atoms with Crippen LogP contribution in [0.4, 0.5) is 0 Å². The fourth-order valence-electron chi connectivity index (χ4n) is 1.76. The first-order chi connectivity index (χ1) is 9.95. The molecule has 0 aliphatic rings. The lowest BCUT2D eigenvalue weighted by atomic mass is 10.3. The van der Waals surface area contributed by atoms with E-state index in [2.05, 4.69) is 9.97 Å². The second kappa shape index (κ2) is 6.62. The largest absolute Gasteiger partial charge is 0.481 e. The predicted molar refractivity (Wildman–Crippen MR) is 79.2 cm³/mol. The van der Waals surface area contributed by atoms with Gasteiger partial charge in [-0.15, -0.1) is 0 Å². The highest BCUT2D eigenvalue weighted by atomic mass is 32.2. The topological polar surface area (TPSA) is 92.3 Å². The zero-order valence-corrected chi connectivity index (χ0v) is 12.5. The number of rotatable bonds is 6. The molecule has 0 aliphatic heterocycles. The first kappa shape index (κ1) is 15.4. The highest BCUT2D eigenvalue weighted by Crippen LogP contribution is 2.26. The summed E-state index contributed by atoms with van der Waals surface area (Å²) in [5, 5.41) is 8.61. The van der Waals surface area contributed by atoms with Crippen LogP contribution in [0.1, 0.15) is 20.3 Å². The summed E-state index contributed by atoms with van der Waals surface area (Å²) in [6.45, 7) is 3.45. The van der Waals surface area contributed by atoms with E-state index >= 15 is 0 Å². The maximum atomic E-state index is 12.0. The number of hydrogen-bond donors (Lipinski definition) is 2. The number of esters is 1. The Kier molecular flexibility index (Phi) is 4.85. The van der Waals surface area contributed by atoms with Crippen molar-refractivity contribution in [3.63, 3.8) is 0 Å². The summed E-state index contributed by atoms with van der Waals surface area (Å²) in [7, 11) is 0. The minimum Gasteiger partial charge on any atom is -0.481 e. The van der Waals surface area contributed by atoms with Gasteiger partial charge in [-0.1, -0.05) is 23.9 Å². The Hall–Kier alpha value is -2.02. The third kappa shape index (κ3) is 4.22. The standard InChI is InChI=1S/C14H16N2O4S/c1-8(2)20-13(19)11(7-12(17)18)21-14-15-9-5-3-4-6-10(9)16-14/h3-6,8,11H,7H2,1-2H3,(H,15,16)(H,17,18). The van der Waals surface area contributed by atoms with Crippen LogP contribution < -0.4 is 0 Å². The lowest BCUT2D eigenvalue weighted by molar-refractivity contribution is -0.149. The third-order valence-electron chi connectivity index (χ3n) is 2.60. The summed E-state index contributed by atoms with van der Waals surface area (Å²) >= 11 is 1.07. The molecular formula is C14H16N2O4S. The van der Waals surface area contributed by atoms with Crippen molar-refractivity contribution in [2.75, 3.05) is 0 Å². The Morgan fingerprint density at radius 1 is 1.38 bits per heavy atom. The molecule has 2 N–H and O–H groups in total. The number of hydrogen-bond acceptors (Lipinski definition) is 5. The number of ether oxygens (including phenoxy) is 1. The van der Waals surface area contributed by atoms with E-state index < -0.39 is 17.2 Å². The summed E-state index contributed by atoms with van der Waals surface area (Å²) in [4.78, 5) is 30.3. The van der Waals surface area contributed by atoms with Crippen LogP contribution in [0.5, 0.6) is 0 Å². The zero-order valence-electron chi connectivity index (χ0n) is 11.7. The van der Waals surface area contributed by atoms with Gasteiger partial charge in [-0.3, -0.25) is 9.59 Å². The number of H-pyrrole nitrogens is 1. The number of nitrogens with zero attached hydrogens (tertiary/aromatic N) is 1. The van der Waals surface area contributed by atoms with Crippen LogP contribution in [0, 0.1) is 0 Å². The summed E-state index contributed by atoms with van der Waals surface area (Å²) in [5.74, 6) is -1.60. The van der Waals surface area contributed by atoms with Gasteiger partial charge in [0.25, 0.3) is 0 Å². The molecule has 112 valence electrons. The predicted octanol–water partition coefficient (Wildman–Crippen LogP) is 2.45. The number of nitrogens with one attached hydrogen (secondary N) is 1. The Balaban J connectivity index is 2.17. The van der Waals surface area contributed by atoms with Crippen molar-refractivity contribution in [2.24, 2.45) is 0 Å². The molecule has 1 heterocycles. The van der Waals surface area contributed by atoms with Gasteiger partial charge in [0.1, 0.15) is 5.25 Å². The minimum atomic E-state index is -1.05. The smallest absolute Gasteiger partial charge is 0.320 e. The van der Waals surface area contributed by atoms with Gasteiger partial charge < -0.3 is 14.8 Å². The lowest BCUT2D eigenvalue weighted by Crippen LogP contribution is -2.26. The van der Waals surface area contributed by atoms with E-state index in [9.17, 15) is 9.59 Å². The Morgan fingerprint density at radius 2 is 2.10 bits per heavy atom. The van der Waals surface area contributed by atoms with Gasteiger partial charge >= 0.3 is 11.9 Å². The van der Waals surface area contributed by atoms with E-state index in [1.807, 2.05) is 24.3 Å². The highest BCUT2D eigenvalue weighted by Gasteiger charge is 2.26. The molecule has 2 rings (SSSR count). The molecule has 0 aliphatic carbocycles. The third-order valence-corrected chi connectivity index (χ3v) is 3.66. The molecule has 1 atom stereocenters. The number of fused-ring (bicyclic) bond motifs is 1. The maximum Gasteiger partial charge on any atom is 0.320 e. The molecule has 0 fully saturated rings. The first-order valence-corrected chi connectivity index (χ1v) is 7.37. The molecule has 0 saturated heterocycles. The second-order valence-corrected chi connectivity index (χ2v) is 5.94. The maximum absolute atomic E-state index is 12.0. The Bertz CT molecular complexity index is 620. The quantitative estimate of drug-likeness (QED) is 0.629. The number of thioether (sulfide) groups is 1. The summed E-state index contributed by atoms with van der Waals surface area (Å²) in [6, 6.07) is 7.44. The molecule has 0 saturated carbocycles. The van der Waals surface area contributed by atoms with E-state index in [-0.39, 0.29) is 12.5 Å². The van der Waals surface area contributed by atoms with E-state index in [0.29, 0.717) is 5.16 Å². The Labute approximate surface area is 125 Å². The average Bonchev–Trinajstić information content (AvgIpc) is 2.78. The second-order valence-electron chi connectivity index (χ2n) is 4.75. The van der Waals surface area contributed by atoms with Gasteiger partial charge in [0.2, 0.25) is 0 Å². The fourth-order valence-corrected chi connectivity index (χ4v) is 2.73. The molecule has 7 heteroatoms.